The van der Waals surface area contributed by atoms with Gasteiger partial charge >= 0.3 is 0 Å². The Balaban J connectivity index is 1.85. The van der Waals surface area contributed by atoms with Crippen molar-refractivity contribution in [1.29, 1.82) is 0 Å². The van der Waals surface area contributed by atoms with Crippen LogP contribution in [-0.4, -0.2) is 55.7 Å². The summed E-state index contributed by atoms with van der Waals surface area (Å²) in [4.78, 5) is 11.2. The molecule has 1 saturated heterocycles. The van der Waals surface area contributed by atoms with Gasteiger partial charge in [-0.15, -0.1) is 0 Å². The summed E-state index contributed by atoms with van der Waals surface area (Å²) in [6.45, 7) is 6.50. The van der Waals surface area contributed by atoms with Gasteiger partial charge in [-0.25, -0.2) is 0 Å². The lowest BCUT2D eigenvalue weighted by atomic mass is 10.1. The van der Waals surface area contributed by atoms with Crippen LogP contribution in [0.1, 0.15) is 19.0 Å². The second kappa shape index (κ2) is 8.62. The molecule has 1 fully saturated rings. The van der Waals surface area contributed by atoms with Crippen molar-refractivity contribution in [3.05, 3.63) is 30.1 Å². The van der Waals surface area contributed by atoms with E-state index in [2.05, 4.69) is 29.2 Å². The Hall–Kier alpha value is -1.62. The third kappa shape index (κ3) is 5.34. The van der Waals surface area contributed by atoms with Gasteiger partial charge in [-0.1, -0.05) is 6.07 Å². The molecule has 0 saturated carbocycles. The van der Waals surface area contributed by atoms with E-state index in [1.165, 1.54) is 0 Å². The van der Waals surface area contributed by atoms with Crippen LogP contribution in [0.15, 0.2) is 29.4 Å². The lowest BCUT2D eigenvalue weighted by Crippen LogP contribution is -2.41. The molecule has 5 nitrogen and oxygen atoms in total. The van der Waals surface area contributed by atoms with Gasteiger partial charge in [0.05, 0.1) is 6.61 Å². The first kappa shape index (κ1) is 15.8. The number of aromatic nitrogens is 1. The summed E-state index contributed by atoms with van der Waals surface area (Å²) >= 11 is 0. The van der Waals surface area contributed by atoms with Gasteiger partial charge in [0.15, 0.2) is 5.96 Å². The molecule has 1 aliphatic rings. The highest BCUT2D eigenvalue weighted by atomic mass is 16.5. The van der Waals surface area contributed by atoms with Crippen LogP contribution in [-0.2, 0) is 11.2 Å². The molecule has 116 valence electrons. The van der Waals surface area contributed by atoms with E-state index < -0.39 is 0 Å². The van der Waals surface area contributed by atoms with Gasteiger partial charge in [0.1, 0.15) is 0 Å². The van der Waals surface area contributed by atoms with E-state index in [4.69, 9.17) is 9.73 Å². The standard InChI is InChI=1S/C16H26N4O/c1-3-17-16(20(2)12-14-8-11-21-13-14)19-10-7-15-6-4-5-9-18-15/h4-6,9,14H,3,7-8,10-13H2,1-2H3,(H,17,19). The van der Waals surface area contributed by atoms with Crippen LogP contribution in [0, 0.1) is 5.92 Å². The Morgan fingerprint density at radius 3 is 3.10 bits per heavy atom. The fraction of sp³-hybridized carbons (Fsp3) is 0.625. The van der Waals surface area contributed by atoms with E-state index in [9.17, 15) is 0 Å². The van der Waals surface area contributed by atoms with E-state index >= 15 is 0 Å². The second-order valence-electron chi connectivity index (χ2n) is 5.42. The monoisotopic (exact) mass is 290 g/mol. The maximum atomic E-state index is 5.44. The smallest absolute Gasteiger partial charge is 0.193 e. The topological polar surface area (TPSA) is 49.8 Å². The molecular formula is C16H26N4O. The Labute approximate surface area is 127 Å². The van der Waals surface area contributed by atoms with Crippen LogP contribution >= 0.6 is 0 Å². The predicted molar refractivity (Wildman–Crippen MR) is 85.5 cm³/mol. The Bertz CT molecular complexity index is 429. The number of hydrogen-bond donors (Lipinski definition) is 1. The fourth-order valence-corrected chi connectivity index (χ4v) is 2.49. The zero-order valence-corrected chi connectivity index (χ0v) is 13.1. The minimum absolute atomic E-state index is 0.620. The van der Waals surface area contributed by atoms with Crippen LogP contribution in [0.2, 0.25) is 0 Å². The predicted octanol–water partition coefficient (Wildman–Crippen LogP) is 1.56. The Morgan fingerprint density at radius 1 is 1.52 bits per heavy atom. The van der Waals surface area contributed by atoms with Crippen LogP contribution < -0.4 is 5.32 Å². The third-order valence-electron chi connectivity index (χ3n) is 3.61. The summed E-state index contributed by atoms with van der Waals surface area (Å²) in [6.07, 6.45) is 3.85. The number of nitrogens with zero attached hydrogens (tertiary/aromatic N) is 3. The fourth-order valence-electron chi connectivity index (χ4n) is 2.49. The first-order valence-electron chi connectivity index (χ1n) is 7.76. The quantitative estimate of drug-likeness (QED) is 0.638. The molecule has 1 aliphatic heterocycles. The van der Waals surface area contributed by atoms with Gasteiger partial charge in [-0.05, 0) is 25.5 Å². The molecule has 1 N–H and O–H groups in total. The van der Waals surface area contributed by atoms with Crippen molar-refractivity contribution in [2.24, 2.45) is 10.9 Å². The van der Waals surface area contributed by atoms with E-state index in [0.29, 0.717) is 5.92 Å². The summed E-state index contributed by atoms with van der Waals surface area (Å²) in [5.41, 5.74) is 1.09. The molecular weight excluding hydrogens is 264 g/mol. The average molecular weight is 290 g/mol. The van der Waals surface area contributed by atoms with Crippen molar-refractivity contribution in [3.8, 4) is 0 Å². The second-order valence-corrected chi connectivity index (χ2v) is 5.42. The van der Waals surface area contributed by atoms with Crippen LogP contribution in [0.3, 0.4) is 0 Å². The number of guanidine groups is 1. The van der Waals surface area contributed by atoms with Crippen molar-refractivity contribution < 1.29 is 4.74 Å². The van der Waals surface area contributed by atoms with Gasteiger partial charge in [0.2, 0.25) is 0 Å². The molecule has 1 aromatic rings. The first-order valence-corrected chi connectivity index (χ1v) is 7.76. The number of nitrogens with one attached hydrogen (secondary N) is 1. The zero-order chi connectivity index (χ0) is 14.9. The van der Waals surface area contributed by atoms with Crippen molar-refractivity contribution in [1.82, 2.24) is 15.2 Å². The SMILES string of the molecule is CCNC(=NCCc1ccccn1)N(C)CC1CCOC1. The minimum Gasteiger partial charge on any atom is -0.381 e. The lowest BCUT2D eigenvalue weighted by molar-refractivity contribution is 0.181. The molecule has 1 aromatic heterocycles. The molecule has 2 rings (SSSR count). The summed E-state index contributed by atoms with van der Waals surface area (Å²) in [6, 6.07) is 6.00. The maximum absolute atomic E-state index is 5.44. The van der Waals surface area contributed by atoms with Gasteiger partial charge in [-0.3, -0.25) is 9.98 Å². The summed E-state index contributed by atoms with van der Waals surface area (Å²) in [5.74, 6) is 1.59. The molecule has 0 aromatic carbocycles. The molecule has 21 heavy (non-hydrogen) atoms. The van der Waals surface area contributed by atoms with E-state index in [1.807, 2.05) is 24.4 Å². The molecule has 5 heteroatoms. The van der Waals surface area contributed by atoms with E-state index in [0.717, 1.165) is 57.3 Å². The number of aliphatic imine (C=N–C) groups is 1. The third-order valence-corrected chi connectivity index (χ3v) is 3.61. The minimum atomic E-state index is 0.620. The molecule has 0 aliphatic carbocycles. The zero-order valence-electron chi connectivity index (χ0n) is 13.1. The van der Waals surface area contributed by atoms with Gasteiger partial charge in [0.25, 0.3) is 0 Å². The van der Waals surface area contributed by atoms with Gasteiger partial charge < -0.3 is 15.0 Å². The maximum Gasteiger partial charge on any atom is 0.193 e. The highest BCUT2D eigenvalue weighted by molar-refractivity contribution is 5.79. The number of ether oxygens (including phenoxy) is 1. The van der Waals surface area contributed by atoms with E-state index in [1.54, 1.807) is 0 Å². The van der Waals surface area contributed by atoms with Crippen molar-refractivity contribution in [3.63, 3.8) is 0 Å². The number of hydrogen-bond acceptors (Lipinski definition) is 3. The van der Waals surface area contributed by atoms with Crippen LogP contribution in [0.25, 0.3) is 0 Å². The number of pyridine rings is 1. The molecule has 1 atom stereocenters. The largest absolute Gasteiger partial charge is 0.381 e. The summed E-state index contributed by atoms with van der Waals surface area (Å²) in [5, 5.41) is 3.36. The molecule has 1 unspecified atom stereocenters. The van der Waals surface area contributed by atoms with Crippen LogP contribution in [0.4, 0.5) is 0 Å². The molecule has 2 heterocycles. The van der Waals surface area contributed by atoms with Crippen LogP contribution in [0.5, 0.6) is 0 Å². The highest BCUT2D eigenvalue weighted by Gasteiger charge is 2.18. The van der Waals surface area contributed by atoms with E-state index in [-0.39, 0.29) is 0 Å². The summed E-state index contributed by atoms with van der Waals surface area (Å²) in [7, 11) is 2.10. The van der Waals surface area contributed by atoms with Crippen molar-refractivity contribution in [2.45, 2.75) is 19.8 Å². The molecule has 0 radical (unpaired) electrons. The molecule has 0 spiro atoms. The molecule has 0 amide bonds. The normalized spacial score (nSPS) is 18.8. The lowest BCUT2D eigenvalue weighted by Gasteiger charge is -2.24. The Kier molecular flexibility index (Phi) is 6.47. The highest BCUT2D eigenvalue weighted by Crippen LogP contribution is 2.13. The first-order chi connectivity index (χ1) is 10.3. The number of rotatable bonds is 6. The van der Waals surface area contributed by atoms with Gasteiger partial charge in [0, 0.05) is 57.5 Å². The van der Waals surface area contributed by atoms with Crippen molar-refractivity contribution >= 4 is 5.96 Å². The molecule has 0 bridgehead atoms. The summed E-state index contributed by atoms with van der Waals surface area (Å²) < 4.78 is 5.44. The average Bonchev–Trinajstić information content (AvgIpc) is 3.00. The Morgan fingerprint density at radius 2 is 2.43 bits per heavy atom. The van der Waals surface area contributed by atoms with Gasteiger partial charge in [-0.2, -0.15) is 0 Å². The van der Waals surface area contributed by atoms with Crippen molar-refractivity contribution in [2.75, 3.05) is 39.9 Å².